The number of esters is 1. The van der Waals surface area contributed by atoms with Crippen LogP contribution in [0.25, 0.3) is 0 Å². The molecule has 20 N–H and O–H groups in total. The largest absolute Gasteiger partial charge is 1.00 e. The number of aliphatic hydroxyl groups excluding tert-OH is 6. The third-order valence-corrected chi connectivity index (χ3v) is 19.6. The van der Waals surface area contributed by atoms with Gasteiger partial charge in [0.1, 0.15) is 23.1 Å². The van der Waals surface area contributed by atoms with Crippen molar-refractivity contribution in [2.45, 2.75) is 249 Å². The van der Waals surface area contributed by atoms with Gasteiger partial charge < -0.3 is 95.3 Å². The molecule has 2 fully saturated rings. The van der Waals surface area contributed by atoms with Crippen LogP contribution in [0.4, 0.5) is 39.5 Å². The van der Waals surface area contributed by atoms with Crippen LogP contribution in [0.1, 0.15) is 265 Å². The van der Waals surface area contributed by atoms with Crippen LogP contribution in [-0.2, 0) is 28.6 Å². The van der Waals surface area contributed by atoms with E-state index in [0.717, 1.165) is 131 Å². The van der Waals surface area contributed by atoms with Gasteiger partial charge in [0, 0.05) is 81.2 Å². The van der Waals surface area contributed by atoms with Gasteiger partial charge in [-0.15, -0.1) is 6.42 Å². The zero-order chi connectivity index (χ0) is 99.2. The van der Waals surface area contributed by atoms with E-state index < -0.39 is 83.6 Å². The monoisotopic (exact) mass is 2170 g/mol. The number of ether oxygens (including phenoxy) is 3. The zero-order valence-corrected chi connectivity index (χ0v) is 83.6. The molecule has 0 radical (unpaired) electrons. The Balaban J connectivity index is -0.000000227. The van der Waals surface area contributed by atoms with E-state index in [1.54, 1.807) is 77.4 Å². The van der Waals surface area contributed by atoms with Crippen molar-refractivity contribution in [3.8, 4) is 42.1 Å². The molecule has 38 heteroatoms. The summed E-state index contributed by atoms with van der Waals surface area (Å²) in [7, 11) is 1.00. The van der Waals surface area contributed by atoms with Gasteiger partial charge >= 0.3 is 55.2 Å². The number of rotatable bonds is 30. The molecule has 0 spiro atoms. The van der Waals surface area contributed by atoms with E-state index in [-0.39, 0.29) is 88.2 Å². The maximum absolute atomic E-state index is 12.1. The second kappa shape index (κ2) is 82.3. The first-order valence-electron chi connectivity index (χ1n) is 42.5. The SMILES string of the molecule is C#CC(O)(CCC)CCC.C1CCOC1.C1CCOC1.CCCC(O)(C#Cc1cccc(C(O)CCN)c1)CCC.CCCC(O)(C#Cc1cccc(C(O)CCNC(=O)C(F)(F)F)c1)CCC.CCOC(=O)C(F)(F)F.CO.N.N#CCC(O)c1cccc(Br)c1.NCCC(O)c1cccc(Br)c1.O.O=C(NCCC(O)c1cccc(Br)c1)C(F)(F)F.O=Cc1cccc(Br)c1.[AlH3].[H-].[Li+]. The minimum absolute atomic E-state index is 0. The van der Waals surface area contributed by atoms with Gasteiger partial charge in [-0.1, -0.05) is 246 Å². The molecule has 2 aliphatic rings. The molecular formula is C96H139AlBr4F9LiN6O17. The number of hydrogen-bond donors (Lipinski definition) is 14. The molecule has 6 aromatic rings. The van der Waals surface area contributed by atoms with E-state index in [0.29, 0.717) is 73.9 Å². The van der Waals surface area contributed by atoms with Crippen LogP contribution in [0.15, 0.2) is 163 Å². The summed E-state index contributed by atoms with van der Waals surface area (Å²) < 4.78 is 123. The van der Waals surface area contributed by atoms with E-state index >= 15 is 0 Å². The number of terminal acetylenes is 1. The van der Waals surface area contributed by atoms with Crippen molar-refractivity contribution >= 4 is 105 Å². The summed E-state index contributed by atoms with van der Waals surface area (Å²) in [4.78, 5) is 41.1. The van der Waals surface area contributed by atoms with E-state index in [4.69, 9.17) is 37.7 Å². The number of nitrogens with zero attached hydrogens (tertiary/aromatic N) is 1. The first-order chi connectivity index (χ1) is 61.4. The van der Waals surface area contributed by atoms with Crippen molar-refractivity contribution in [1.82, 2.24) is 16.8 Å². The summed E-state index contributed by atoms with van der Waals surface area (Å²) in [5.74, 6) is 8.15. The van der Waals surface area contributed by atoms with Gasteiger partial charge in [0.05, 0.1) is 49.6 Å². The number of alkyl halides is 9. The summed E-state index contributed by atoms with van der Waals surface area (Å²) in [6.45, 7) is 17.6. The van der Waals surface area contributed by atoms with Crippen LogP contribution in [0.5, 0.6) is 0 Å². The number of nitrogens with two attached hydrogens (primary N) is 2. The number of nitriles is 1. The Hall–Kier alpha value is -6.61. The van der Waals surface area contributed by atoms with Crippen LogP contribution in [0.3, 0.4) is 0 Å². The Morgan fingerprint density at radius 2 is 0.769 bits per heavy atom. The minimum atomic E-state index is -4.94. The van der Waals surface area contributed by atoms with Crippen molar-refractivity contribution in [3.05, 3.63) is 208 Å². The molecule has 0 aromatic heterocycles. The van der Waals surface area contributed by atoms with E-state index in [1.165, 1.54) is 32.6 Å². The third kappa shape index (κ3) is 70.1. The summed E-state index contributed by atoms with van der Waals surface area (Å²) in [5.41, 5.74) is 13.7. The number of benzene rings is 6. The minimum Gasteiger partial charge on any atom is -1.00 e. The van der Waals surface area contributed by atoms with E-state index in [1.807, 2.05) is 126 Å². The topological polar surface area (TPSA) is 444 Å². The number of nitrogens with one attached hydrogen (secondary N) is 2. The van der Waals surface area contributed by atoms with Crippen LogP contribution in [0, 0.1) is 47.4 Å². The predicted octanol–water partition coefficient (Wildman–Crippen LogP) is 14.8. The van der Waals surface area contributed by atoms with Crippen molar-refractivity contribution in [2.24, 2.45) is 11.5 Å². The third-order valence-electron chi connectivity index (χ3n) is 17.6. The molecule has 0 saturated carbocycles. The standard InChI is InChI=1S/C20H26F3NO3.C18H27NO2.C11H11BrF3NO2.C9H12BrNO.C9H8BrNO.C9H16O.C7H5BrO.C4H5F3O2.2C4H8O.CH4O.Al.Li.H3N.H2O.4H/c1-3-10-19(27,11-4-2)12-8-15-6-5-7-16(14-15)17(25)9-13-24-18(26)20(21,22)23;1-3-10-18(21,11-4-2)12-8-15-6-5-7-16(14-15)17(20)9-13-19;12-8-3-1-2-7(6-8)9(17)4-5-16-10(18)11(13,14)15;2*10-8-3-1-2-7(6-8)9(12)4-5-11;1-4-7-9(10,6-3)8-5-2;8-7-3-1-2-6(4-7)5-9;1-2-9-3(8)4(5,6)7;2*1-2-4-5-3-1;1-2;;;;;;;;/h5-7,14,17,25,27H,3-4,9-11,13H2,1-2H3,(H,24,26);5-7,14,17,20-21H,3-4,9-11,13,19H2,1-2H3;1-3,6,9,17H,4-5H2,(H,16,18);1-3,6,9,12H,4-5,11H2;1-3,6,9,12H,4H2;3,10H,4-5,7-8H2,1-2H3;1-5H;2H2,1H3;2*1-4H2;2H,1H3;;;1H3;1H2;;;;/q;;;;;;;;;;;;+1;;;;;;-1. The first kappa shape index (κ1) is 140. The predicted molar refractivity (Wildman–Crippen MR) is 522 cm³/mol. The molecule has 2 aliphatic heterocycles. The molecule has 0 aliphatic carbocycles. The Labute approximate surface area is 842 Å². The summed E-state index contributed by atoms with van der Waals surface area (Å²) in [6.07, 6.45) is 3.28. The maximum Gasteiger partial charge on any atom is 1.00 e. The molecule has 2 heterocycles. The molecule has 5 unspecified atom stereocenters. The normalized spacial score (nSPS) is 12.6. The van der Waals surface area contributed by atoms with Gasteiger partial charge in [0.2, 0.25) is 0 Å². The Bertz CT molecular complexity index is 4270. The summed E-state index contributed by atoms with van der Waals surface area (Å²) in [5, 5.41) is 98.1. The average Bonchev–Trinajstić information content (AvgIpc) is 1.54. The second-order valence-corrected chi connectivity index (χ2v) is 32.5. The van der Waals surface area contributed by atoms with Gasteiger partial charge in [0.15, 0.2) is 17.4 Å². The van der Waals surface area contributed by atoms with Crippen molar-refractivity contribution in [3.63, 3.8) is 0 Å². The zero-order valence-electron chi connectivity index (χ0n) is 78.2. The summed E-state index contributed by atoms with van der Waals surface area (Å²) in [6, 6.07) is 45.1. The molecule has 2 saturated heterocycles. The average molecular weight is 2170 g/mol. The number of aliphatic hydroxyl groups is 9. The fraction of sp³-hybridized carbons (Fsp3) is 0.510. The number of halogens is 13. The van der Waals surface area contributed by atoms with Crippen LogP contribution in [-0.4, -0.2) is 195 Å². The van der Waals surface area contributed by atoms with Gasteiger partial charge in [-0.2, -0.15) is 44.8 Å². The van der Waals surface area contributed by atoms with Crippen LogP contribution in [0.2, 0.25) is 0 Å². The molecule has 750 valence electrons. The number of hydrogen-bond acceptors (Lipinski definition) is 20. The Kier molecular flexibility index (Phi) is 86.2. The molecule has 8 rings (SSSR count). The van der Waals surface area contributed by atoms with Crippen molar-refractivity contribution in [1.29, 1.82) is 5.26 Å². The van der Waals surface area contributed by atoms with Crippen LogP contribution < -0.4 is 47.1 Å². The Morgan fingerprint density at radius 3 is 1.00 bits per heavy atom. The molecule has 6 aromatic carbocycles. The number of aldehydes is 1. The van der Waals surface area contributed by atoms with Crippen LogP contribution >= 0.6 is 63.7 Å². The molecular weight excluding hydrogens is 2030 g/mol. The van der Waals surface area contributed by atoms with Gasteiger partial charge in [-0.3, -0.25) is 14.4 Å². The molecule has 2 amide bonds. The number of carbonyl (C=O) groups is 4. The first-order valence-corrected chi connectivity index (χ1v) is 45.7. The van der Waals surface area contributed by atoms with Crippen molar-refractivity contribution in [2.75, 3.05) is 66.3 Å². The number of carbonyl (C=O) groups excluding carboxylic acids is 4. The molecule has 134 heavy (non-hydrogen) atoms. The van der Waals surface area contributed by atoms with Gasteiger partial charge in [0.25, 0.3) is 0 Å². The summed E-state index contributed by atoms with van der Waals surface area (Å²) >= 11 is 13.1. The molecule has 5 atom stereocenters. The number of amides is 2. The quantitative estimate of drug-likeness (QED) is 0.00655. The van der Waals surface area contributed by atoms with E-state index in [9.17, 15) is 99.5 Å². The Morgan fingerprint density at radius 1 is 0.485 bits per heavy atom. The molecule has 23 nitrogen and oxygen atoms in total. The second-order valence-electron chi connectivity index (χ2n) is 28.9. The van der Waals surface area contributed by atoms with E-state index in [2.05, 4.69) is 98.1 Å². The van der Waals surface area contributed by atoms with Gasteiger partial charge in [-0.25, -0.2) is 4.79 Å². The van der Waals surface area contributed by atoms with Crippen molar-refractivity contribution < 1.29 is 145 Å². The van der Waals surface area contributed by atoms with Gasteiger partial charge in [-0.05, 0) is 211 Å². The fourth-order valence-electron chi connectivity index (χ4n) is 11.3. The smallest absolute Gasteiger partial charge is 1.00 e. The fourth-order valence-corrected chi connectivity index (χ4v) is 12.9. The maximum atomic E-state index is 12.1. The molecule has 0 bridgehead atoms.